The summed E-state index contributed by atoms with van der Waals surface area (Å²) in [4.78, 5) is 31.7. The van der Waals surface area contributed by atoms with Gasteiger partial charge in [0.1, 0.15) is 4.47 Å². The highest BCUT2D eigenvalue weighted by Crippen LogP contribution is 2.42. The number of carbonyl (C=O) groups excluding carboxylic acids is 1. The molecular weight excluding hydrogens is 328 g/mol. The predicted octanol–water partition coefficient (Wildman–Crippen LogP) is 2.06. The van der Waals surface area contributed by atoms with E-state index in [0.29, 0.717) is 0 Å². The van der Waals surface area contributed by atoms with Crippen LogP contribution in [0, 0.1) is 20.2 Å². The molecule has 0 aliphatic carbocycles. The smallest absolute Gasteiger partial charge is 0.352 e. The Hall–Kier alpha value is -2.23. The van der Waals surface area contributed by atoms with Crippen LogP contribution in [0.15, 0.2) is 10.5 Å². The number of rotatable bonds is 4. The average molecular weight is 335 g/mol. The van der Waals surface area contributed by atoms with Crippen molar-refractivity contribution in [2.75, 3.05) is 14.2 Å². The van der Waals surface area contributed by atoms with Gasteiger partial charge in [-0.2, -0.15) is 0 Å². The SMILES string of the molecule is COC(=O)c1c([N+](=O)[O-])c(Br)cc(OC)c1[N+](=O)[O-]. The third-order valence-corrected chi connectivity index (χ3v) is 2.77. The molecule has 10 heteroatoms. The van der Waals surface area contributed by atoms with Crippen LogP contribution in [0.1, 0.15) is 10.4 Å². The zero-order valence-corrected chi connectivity index (χ0v) is 11.3. The molecule has 1 rings (SSSR count). The fraction of sp³-hybridized carbons (Fsp3) is 0.222. The van der Waals surface area contributed by atoms with Crippen LogP contribution in [0.3, 0.4) is 0 Å². The molecule has 0 N–H and O–H groups in total. The van der Waals surface area contributed by atoms with Crippen molar-refractivity contribution in [3.8, 4) is 5.75 Å². The zero-order chi connectivity index (χ0) is 14.7. The molecule has 0 aliphatic heterocycles. The van der Waals surface area contributed by atoms with Gasteiger partial charge in [0, 0.05) is 6.07 Å². The van der Waals surface area contributed by atoms with E-state index in [1.165, 1.54) is 0 Å². The molecule has 0 amide bonds. The Morgan fingerprint density at radius 2 is 1.74 bits per heavy atom. The number of nitro benzene ring substituents is 2. The summed E-state index contributed by atoms with van der Waals surface area (Å²) in [6, 6.07) is 1.04. The fourth-order valence-corrected chi connectivity index (χ4v) is 1.97. The van der Waals surface area contributed by atoms with Gasteiger partial charge in [-0.15, -0.1) is 0 Å². The standard InChI is InChI=1S/C9H7BrN2O7/c1-18-5-3-4(10)7(11(14)15)6(9(13)19-2)8(5)12(16)17/h3H,1-2H3. The van der Waals surface area contributed by atoms with E-state index in [1.807, 2.05) is 0 Å². The molecule has 0 aliphatic rings. The van der Waals surface area contributed by atoms with Gasteiger partial charge in [-0.3, -0.25) is 20.2 Å². The Kier molecular flexibility index (Phi) is 4.38. The van der Waals surface area contributed by atoms with Crippen molar-refractivity contribution in [1.29, 1.82) is 0 Å². The van der Waals surface area contributed by atoms with Crippen LogP contribution in [-0.4, -0.2) is 30.0 Å². The van der Waals surface area contributed by atoms with Gasteiger partial charge in [0.15, 0.2) is 5.75 Å². The van der Waals surface area contributed by atoms with Crippen LogP contribution in [0.25, 0.3) is 0 Å². The second kappa shape index (κ2) is 5.61. The molecule has 0 aromatic heterocycles. The molecule has 0 fully saturated rings. The number of methoxy groups -OCH3 is 2. The lowest BCUT2D eigenvalue weighted by molar-refractivity contribution is -0.395. The maximum Gasteiger partial charge on any atom is 0.352 e. The molecule has 102 valence electrons. The summed E-state index contributed by atoms with van der Waals surface area (Å²) < 4.78 is 8.98. The number of carbonyl (C=O) groups is 1. The molecule has 0 bridgehead atoms. The first-order valence-electron chi connectivity index (χ1n) is 4.62. The Morgan fingerprint density at radius 1 is 1.21 bits per heavy atom. The lowest BCUT2D eigenvalue weighted by Gasteiger charge is -2.08. The highest BCUT2D eigenvalue weighted by atomic mass is 79.9. The van der Waals surface area contributed by atoms with E-state index in [4.69, 9.17) is 4.74 Å². The molecule has 0 saturated heterocycles. The minimum atomic E-state index is -1.20. The van der Waals surface area contributed by atoms with Crippen molar-refractivity contribution in [3.05, 3.63) is 36.3 Å². The highest BCUT2D eigenvalue weighted by Gasteiger charge is 2.38. The van der Waals surface area contributed by atoms with Crippen molar-refractivity contribution in [1.82, 2.24) is 0 Å². The van der Waals surface area contributed by atoms with Crippen molar-refractivity contribution < 1.29 is 24.1 Å². The van der Waals surface area contributed by atoms with Crippen molar-refractivity contribution in [2.24, 2.45) is 0 Å². The number of nitrogens with zero attached hydrogens (tertiary/aromatic N) is 2. The molecular formula is C9H7BrN2O7. The maximum atomic E-state index is 11.6. The third-order valence-electron chi connectivity index (χ3n) is 2.17. The highest BCUT2D eigenvalue weighted by molar-refractivity contribution is 9.10. The Balaban J connectivity index is 3.86. The minimum absolute atomic E-state index is 0.125. The van der Waals surface area contributed by atoms with Crippen molar-refractivity contribution in [2.45, 2.75) is 0 Å². The Bertz CT molecular complexity index is 572. The molecule has 9 nitrogen and oxygen atoms in total. The Labute approximate surface area is 114 Å². The summed E-state index contributed by atoms with van der Waals surface area (Å²) in [6.45, 7) is 0. The second-order valence-corrected chi connectivity index (χ2v) is 3.99. The van der Waals surface area contributed by atoms with Crippen LogP contribution in [-0.2, 0) is 4.74 Å². The van der Waals surface area contributed by atoms with Crippen LogP contribution in [0.4, 0.5) is 11.4 Å². The lowest BCUT2D eigenvalue weighted by atomic mass is 10.1. The molecule has 0 unspecified atom stereocenters. The summed E-state index contributed by atoms with van der Waals surface area (Å²) in [5.41, 5.74) is -2.34. The number of hydrogen-bond donors (Lipinski definition) is 0. The van der Waals surface area contributed by atoms with Gasteiger partial charge in [0.2, 0.25) is 5.56 Å². The van der Waals surface area contributed by atoms with E-state index in [9.17, 15) is 25.0 Å². The largest absolute Gasteiger partial charge is 0.490 e. The maximum absolute atomic E-state index is 11.6. The number of hydrogen-bond acceptors (Lipinski definition) is 7. The predicted molar refractivity (Wildman–Crippen MR) is 65.3 cm³/mol. The van der Waals surface area contributed by atoms with Crippen LogP contribution < -0.4 is 4.74 Å². The van der Waals surface area contributed by atoms with Gasteiger partial charge in [-0.1, -0.05) is 0 Å². The lowest BCUT2D eigenvalue weighted by Crippen LogP contribution is -2.11. The van der Waals surface area contributed by atoms with Gasteiger partial charge in [-0.05, 0) is 15.9 Å². The molecule has 19 heavy (non-hydrogen) atoms. The minimum Gasteiger partial charge on any atom is -0.490 e. The number of halogens is 1. The van der Waals surface area contributed by atoms with Gasteiger partial charge in [-0.25, -0.2) is 4.79 Å². The molecule has 0 radical (unpaired) electrons. The second-order valence-electron chi connectivity index (χ2n) is 3.14. The molecule has 0 heterocycles. The van der Waals surface area contributed by atoms with Crippen molar-refractivity contribution in [3.63, 3.8) is 0 Å². The first-order chi connectivity index (χ1) is 8.84. The van der Waals surface area contributed by atoms with E-state index in [-0.39, 0.29) is 10.2 Å². The molecule has 0 spiro atoms. The third kappa shape index (κ3) is 2.62. The van der Waals surface area contributed by atoms with Crippen LogP contribution in [0.5, 0.6) is 5.75 Å². The summed E-state index contributed by atoms with van der Waals surface area (Å²) in [7, 11) is 2.10. The molecule has 0 saturated carbocycles. The normalized spacial score (nSPS) is 9.84. The number of ether oxygens (including phenoxy) is 2. The summed E-state index contributed by atoms with van der Waals surface area (Å²) >= 11 is 2.87. The van der Waals surface area contributed by atoms with Crippen LogP contribution >= 0.6 is 15.9 Å². The monoisotopic (exact) mass is 334 g/mol. The number of nitro groups is 2. The summed E-state index contributed by atoms with van der Waals surface area (Å²) in [5, 5.41) is 21.9. The zero-order valence-electron chi connectivity index (χ0n) is 9.71. The topological polar surface area (TPSA) is 122 Å². The Morgan fingerprint density at radius 3 is 2.11 bits per heavy atom. The first kappa shape index (κ1) is 14.8. The van der Waals surface area contributed by atoms with Gasteiger partial charge >= 0.3 is 17.3 Å². The average Bonchev–Trinajstić information content (AvgIpc) is 2.35. The summed E-state index contributed by atoms with van der Waals surface area (Å²) in [6.07, 6.45) is 0. The number of benzene rings is 1. The van der Waals surface area contributed by atoms with Crippen molar-refractivity contribution >= 4 is 33.3 Å². The van der Waals surface area contributed by atoms with Gasteiger partial charge in [0.25, 0.3) is 0 Å². The fourth-order valence-electron chi connectivity index (χ4n) is 1.42. The van der Waals surface area contributed by atoms with Gasteiger partial charge in [0.05, 0.1) is 24.1 Å². The number of esters is 1. The molecule has 1 aromatic rings. The molecule has 0 atom stereocenters. The van der Waals surface area contributed by atoms with E-state index in [0.717, 1.165) is 20.3 Å². The van der Waals surface area contributed by atoms with Gasteiger partial charge < -0.3 is 9.47 Å². The van der Waals surface area contributed by atoms with E-state index in [1.54, 1.807) is 0 Å². The summed E-state index contributed by atoms with van der Waals surface area (Å²) in [5.74, 6) is -1.49. The van der Waals surface area contributed by atoms with Crippen LogP contribution in [0.2, 0.25) is 0 Å². The van der Waals surface area contributed by atoms with E-state index in [2.05, 4.69) is 20.7 Å². The van der Waals surface area contributed by atoms with E-state index < -0.39 is 32.8 Å². The quantitative estimate of drug-likeness (QED) is 0.469. The first-order valence-corrected chi connectivity index (χ1v) is 5.42. The van der Waals surface area contributed by atoms with E-state index >= 15 is 0 Å². The molecule has 1 aromatic carbocycles.